The van der Waals surface area contributed by atoms with Crippen LogP contribution < -0.4 is 0 Å². The van der Waals surface area contributed by atoms with Crippen LogP contribution in [0.2, 0.25) is 0 Å². The summed E-state index contributed by atoms with van der Waals surface area (Å²) in [7, 11) is 0. The number of hydrogen-bond acceptors (Lipinski definition) is 2. The second kappa shape index (κ2) is 6.94. The molecule has 0 rings (SSSR count). The molecule has 0 heterocycles. The minimum absolute atomic E-state index is 0. The Bertz CT molecular complexity index is 68.3. The summed E-state index contributed by atoms with van der Waals surface area (Å²) >= 11 is 0. The zero-order valence-electron chi connectivity index (χ0n) is 4.43. The first-order chi connectivity index (χ1) is 3.27. The summed E-state index contributed by atoms with van der Waals surface area (Å²) in [4.78, 5) is 9.40. The maximum atomic E-state index is 9.40. The molecule has 0 amide bonds. The molecule has 0 bridgehead atoms. The standard InChI is InChI=1S/C3H7N2O2.Ag/c1-2-3-4-5(6)7;/h2-3H2,1H3;/q-1;+1. The van der Waals surface area contributed by atoms with E-state index in [4.69, 9.17) is 0 Å². The molecule has 0 aromatic heterocycles. The Hall–Kier alpha value is -0.0597. The van der Waals surface area contributed by atoms with E-state index in [1.807, 2.05) is 6.92 Å². The van der Waals surface area contributed by atoms with Gasteiger partial charge in [0.1, 0.15) is 0 Å². The van der Waals surface area contributed by atoms with Gasteiger partial charge in [0.2, 0.25) is 0 Å². The summed E-state index contributed by atoms with van der Waals surface area (Å²) in [5, 5.41) is 8.73. The van der Waals surface area contributed by atoms with Crippen LogP contribution in [-0.2, 0) is 22.4 Å². The van der Waals surface area contributed by atoms with Gasteiger partial charge in [0, 0.05) is 0 Å². The van der Waals surface area contributed by atoms with Crippen LogP contribution >= 0.6 is 0 Å². The molecule has 4 nitrogen and oxygen atoms in total. The SMILES string of the molecule is CCC[N-][N+](=O)[O-].[Ag+]. The minimum Gasteiger partial charge on any atom is -0.379 e. The fourth-order valence-corrected chi connectivity index (χ4v) is 0.182. The Morgan fingerprint density at radius 2 is 2.25 bits per heavy atom. The van der Waals surface area contributed by atoms with Gasteiger partial charge in [-0.1, -0.05) is 19.9 Å². The molecule has 0 atom stereocenters. The van der Waals surface area contributed by atoms with Gasteiger partial charge in [-0.3, -0.25) is 10.1 Å². The fourth-order valence-electron chi connectivity index (χ4n) is 0.182. The van der Waals surface area contributed by atoms with Crippen LogP contribution in [0, 0.1) is 10.1 Å². The number of rotatable bonds is 3. The van der Waals surface area contributed by atoms with Crippen molar-refractivity contribution in [2.24, 2.45) is 0 Å². The van der Waals surface area contributed by atoms with E-state index in [2.05, 4.69) is 5.43 Å². The molecule has 0 aromatic carbocycles. The maximum Gasteiger partial charge on any atom is 1.00 e. The van der Waals surface area contributed by atoms with Crippen molar-refractivity contribution < 1.29 is 27.4 Å². The summed E-state index contributed by atoms with van der Waals surface area (Å²) < 4.78 is 0. The second-order valence-corrected chi connectivity index (χ2v) is 1.10. The van der Waals surface area contributed by atoms with E-state index in [-0.39, 0.29) is 22.4 Å². The van der Waals surface area contributed by atoms with Crippen LogP contribution in [0.15, 0.2) is 0 Å². The maximum absolute atomic E-state index is 9.40. The molecule has 0 aliphatic carbocycles. The topological polar surface area (TPSA) is 57.2 Å². The van der Waals surface area contributed by atoms with Crippen molar-refractivity contribution in [3.8, 4) is 0 Å². The Morgan fingerprint density at radius 3 is 2.38 bits per heavy atom. The van der Waals surface area contributed by atoms with Gasteiger partial charge in [0.15, 0.2) is 0 Å². The minimum atomic E-state index is -0.663. The van der Waals surface area contributed by atoms with Crippen molar-refractivity contribution in [1.29, 1.82) is 0 Å². The molecule has 0 unspecified atom stereocenters. The molecule has 0 radical (unpaired) electrons. The first-order valence-electron chi connectivity index (χ1n) is 2.09. The Labute approximate surface area is 63.3 Å². The fraction of sp³-hybridized carbons (Fsp3) is 1.00. The second-order valence-electron chi connectivity index (χ2n) is 1.10. The largest absolute Gasteiger partial charge is 1.00 e. The van der Waals surface area contributed by atoms with E-state index in [0.29, 0.717) is 6.54 Å². The third-order valence-corrected chi connectivity index (χ3v) is 0.439. The number of hydrogen-bond donors (Lipinski definition) is 0. The monoisotopic (exact) mass is 210 g/mol. The van der Waals surface area contributed by atoms with Crippen molar-refractivity contribution in [3.63, 3.8) is 0 Å². The average Bonchev–Trinajstić information content (AvgIpc) is 1.61. The van der Waals surface area contributed by atoms with Gasteiger partial charge in [-0.25, -0.2) is 0 Å². The molecule has 5 heteroatoms. The van der Waals surface area contributed by atoms with Crippen molar-refractivity contribution in [1.82, 2.24) is 0 Å². The molecule has 8 heavy (non-hydrogen) atoms. The van der Waals surface area contributed by atoms with Crippen LogP contribution in [0.25, 0.3) is 5.43 Å². The van der Waals surface area contributed by atoms with Gasteiger partial charge in [-0.05, 0) is 5.03 Å². The van der Waals surface area contributed by atoms with Crippen molar-refractivity contribution >= 4 is 0 Å². The van der Waals surface area contributed by atoms with Gasteiger partial charge in [0.05, 0.1) is 0 Å². The summed E-state index contributed by atoms with van der Waals surface area (Å²) in [5.41, 5.74) is 2.97. The van der Waals surface area contributed by atoms with E-state index < -0.39 is 5.03 Å². The van der Waals surface area contributed by atoms with E-state index >= 15 is 0 Å². The van der Waals surface area contributed by atoms with E-state index in [1.54, 1.807) is 0 Å². The molecule has 0 spiro atoms. The molecular formula is C3H7AgN2O2. The van der Waals surface area contributed by atoms with Gasteiger partial charge < -0.3 is 5.43 Å². The van der Waals surface area contributed by atoms with E-state index in [1.165, 1.54) is 0 Å². The zero-order valence-corrected chi connectivity index (χ0v) is 5.91. The van der Waals surface area contributed by atoms with Crippen molar-refractivity contribution in [3.05, 3.63) is 15.5 Å². The van der Waals surface area contributed by atoms with Crippen LogP contribution in [0.4, 0.5) is 0 Å². The van der Waals surface area contributed by atoms with Gasteiger partial charge in [-0.2, -0.15) is 0 Å². The molecule has 0 saturated carbocycles. The summed E-state index contributed by atoms with van der Waals surface area (Å²) in [6.45, 7) is 2.17. The summed E-state index contributed by atoms with van der Waals surface area (Å²) in [6, 6.07) is 0. The van der Waals surface area contributed by atoms with Crippen molar-refractivity contribution in [2.75, 3.05) is 6.54 Å². The van der Waals surface area contributed by atoms with Crippen LogP contribution in [-0.4, -0.2) is 11.6 Å². The Kier molecular flexibility index (Phi) is 9.40. The number of nitrogens with zero attached hydrogens (tertiary/aromatic N) is 2. The predicted molar refractivity (Wildman–Crippen MR) is 25.5 cm³/mol. The van der Waals surface area contributed by atoms with Gasteiger partial charge in [-0.15, -0.1) is 0 Å². The molecule has 0 fully saturated rings. The molecule has 0 aliphatic heterocycles. The number of nitro groups is 1. The van der Waals surface area contributed by atoms with E-state index in [0.717, 1.165) is 6.42 Å². The van der Waals surface area contributed by atoms with Gasteiger partial charge in [0.25, 0.3) is 0 Å². The predicted octanol–water partition coefficient (Wildman–Crippen LogP) is 0.959. The zero-order chi connectivity index (χ0) is 5.70. The van der Waals surface area contributed by atoms with Crippen LogP contribution in [0.3, 0.4) is 0 Å². The third-order valence-electron chi connectivity index (χ3n) is 0.439. The van der Waals surface area contributed by atoms with Crippen LogP contribution in [0.5, 0.6) is 0 Å². The average molecular weight is 211 g/mol. The quantitative estimate of drug-likeness (QED) is 0.396. The Balaban J connectivity index is 0. The molecule has 0 N–H and O–H groups in total. The third kappa shape index (κ3) is 9.34. The Morgan fingerprint density at radius 1 is 1.75 bits per heavy atom. The van der Waals surface area contributed by atoms with Gasteiger partial charge >= 0.3 is 22.4 Å². The molecule has 0 aliphatic rings. The smallest absolute Gasteiger partial charge is 0.379 e. The summed E-state index contributed by atoms with van der Waals surface area (Å²) in [6.07, 6.45) is 0.737. The van der Waals surface area contributed by atoms with Crippen LogP contribution in [0.1, 0.15) is 13.3 Å². The molecule has 0 saturated heterocycles. The first kappa shape index (κ1) is 10.8. The van der Waals surface area contributed by atoms with Crippen molar-refractivity contribution in [2.45, 2.75) is 13.3 Å². The van der Waals surface area contributed by atoms with E-state index in [9.17, 15) is 10.1 Å². The molecular weight excluding hydrogens is 204 g/mol. The normalized spacial score (nSPS) is 7.12. The molecule has 0 aromatic rings. The molecule has 52 valence electrons. The summed E-state index contributed by atoms with van der Waals surface area (Å²) in [5.74, 6) is 0. The first-order valence-corrected chi connectivity index (χ1v) is 2.09.